The zero-order valence-electron chi connectivity index (χ0n) is 19.3. The third-order valence-electron chi connectivity index (χ3n) is 6.11. The van der Waals surface area contributed by atoms with Crippen molar-refractivity contribution in [3.63, 3.8) is 0 Å². The summed E-state index contributed by atoms with van der Waals surface area (Å²) in [6.45, 7) is 3.21. The number of fused-ring (bicyclic) bond motifs is 3. The molecule has 180 valence electrons. The third kappa shape index (κ3) is 4.87. The van der Waals surface area contributed by atoms with Gasteiger partial charge in [-0.3, -0.25) is 4.79 Å². The molecule has 8 heteroatoms. The lowest BCUT2D eigenvalue weighted by atomic mass is 9.92. The molecule has 0 saturated heterocycles. The molecule has 2 amide bonds. The SMILES string of the molecule is CC(C)(CNC(=O)OCC1c2ccccc2-c2ccccc21)C(=O)Nc1cccc(F)c1C(=O)O. The fraction of sp³-hybridized carbons (Fsp3) is 0.222. The van der Waals surface area contributed by atoms with Crippen LogP contribution in [0.25, 0.3) is 11.1 Å². The van der Waals surface area contributed by atoms with E-state index in [0.717, 1.165) is 28.3 Å². The van der Waals surface area contributed by atoms with Gasteiger partial charge < -0.3 is 20.5 Å². The topological polar surface area (TPSA) is 105 Å². The molecular weight excluding hydrogens is 451 g/mol. The number of rotatable bonds is 7. The summed E-state index contributed by atoms with van der Waals surface area (Å²) in [5, 5.41) is 14.3. The Kier molecular flexibility index (Phi) is 6.55. The second-order valence-corrected chi connectivity index (χ2v) is 8.98. The van der Waals surface area contributed by atoms with Gasteiger partial charge in [0.15, 0.2) is 0 Å². The number of benzene rings is 3. The van der Waals surface area contributed by atoms with E-state index in [1.807, 2.05) is 48.5 Å². The van der Waals surface area contributed by atoms with Crippen LogP contribution in [0.3, 0.4) is 0 Å². The molecule has 4 rings (SSSR count). The van der Waals surface area contributed by atoms with Crippen LogP contribution in [0.5, 0.6) is 0 Å². The van der Waals surface area contributed by atoms with Crippen molar-refractivity contribution in [3.8, 4) is 11.1 Å². The summed E-state index contributed by atoms with van der Waals surface area (Å²) in [7, 11) is 0. The molecule has 0 fully saturated rings. The average molecular weight is 477 g/mol. The zero-order valence-corrected chi connectivity index (χ0v) is 19.3. The second-order valence-electron chi connectivity index (χ2n) is 8.98. The highest BCUT2D eigenvalue weighted by molar-refractivity contribution is 6.02. The van der Waals surface area contributed by atoms with Gasteiger partial charge >= 0.3 is 12.1 Å². The van der Waals surface area contributed by atoms with Crippen LogP contribution in [0.15, 0.2) is 66.7 Å². The summed E-state index contributed by atoms with van der Waals surface area (Å²) in [5.41, 5.74) is 2.50. The first kappa shape index (κ1) is 23.9. The first-order valence-electron chi connectivity index (χ1n) is 11.1. The van der Waals surface area contributed by atoms with Gasteiger partial charge in [0.05, 0.1) is 11.1 Å². The third-order valence-corrected chi connectivity index (χ3v) is 6.11. The molecule has 3 aromatic rings. The van der Waals surface area contributed by atoms with E-state index in [1.165, 1.54) is 12.1 Å². The lowest BCUT2D eigenvalue weighted by Crippen LogP contribution is -2.42. The Morgan fingerprint density at radius 2 is 1.54 bits per heavy atom. The summed E-state index contributed by atoms with van der Waals surface area (Å²) in [6, 6.07) is 19.6. The molecule has 3 N–H and O–H groups in total. The number of carbonyl (C=O) groups excluding carboxylic acids is 2. The number of amides is 2. The molecule has 0 aliphatic heterocycles. The second kappa shape index (κ2) is 9.58. The highest BCUT2D eigenvalue weighted by Gasteiger charge is 2.32. The molecule has 7 nitrogen and oxygen atoms in total. The monoisotopic (exact) mass is 476 g/mol. The van der Waals surface area contributed by atoms with Crippen LogP contribution in [0.1, 0.15) is 41.3 Å². The van der Waals surface area contributed by atoms with Crippen LogP contribution in [-0.4, -0.2) is 36.2 Å². The Balaban J connectivity index is 1.36. The minimum atomic E-state index is -1.49. The fourth-order valence-electron chi connectivity index (χ4n) is 4.16. The minimum Gasteiger partial charge on any atom is -0.478 e. The lowest BCUT2D eigenvalue weighted by molar-refractivity contribution is -0.123. The van der Waals surface area contributed by atoms with Crippen molar-refractivity contribution in [1.82, 2.24) is 5.32 Å². The molecule has 0 saturated carbocycles. The summed E-state index contributed by atoms with van der Waals surface area (Å²) >= 11 is 0. The van der Waals surface area contributed by atoms with Gasteiger partial charge in [0, 0.05) is 12.5 Å². The molecule has 0 bridgehead atoms. The summed E-state index contributed by atoms with van der Waals surface area (Å²) in [6.07, 6.45) is -0.676. The Morgan fingerprint density at radius 1 is 0.943 bits per heavy atom. The normalized spacial score (nSPS) is 12.4. The zero-order chi connectivity index (χ0) is 25.2. The summed E-state index contributed by atoms with van der Waals surface area (Å²) in [5.74, 6) is -3.12. The van der Waals surface area contributed by atoms with E-state index in [0.29, 0.717) is 0 Å². The van der Waals surface area contributed by atoms with Crippen LogP contribution in [-0.2, 0) is 9.53 Å². The molecule has 1 aliphatic rings. The molecule has 0 spiro atoms. The average Bonchev–Trinajstić information content (AvgIpc) is 3.15. The van der Waals surface area contributed by atoms with Gasteiger partial charge in [-0.15, -0.1) is 0 Å². The first-order valence-corrected chi connectivity index (χ1v) is 11.1. The number of halogens is 1. The number of nitrogens with one attached hydrogen (secondary N) is 2. The van der Waals surface area contributed by atoms with Crippen molar-refractivity contribution in [3.05, 3.63) is 89.2 Å². The molecule has 0 heterocycles. The number of carbonyl (C=O) groups is 3. The van der Waals surface area contributed by atoms with Gasteiger partial charge in [0.2, 0.25) is 5.91 Å². The van der Waals surface area contributed by atoms with Crippen molar-refractivity contribution in [2.45, 2.75) is 19.8 Å². The van der Waals surface area contributed by atoms with Gasteiger partial charge in [-0.1, -0.05) is 54.6 Å². The number of hydrogen-bond donors (Lipinski definition) is 3. The number of alkyl carbamates (subject to hydrolysis) is 1. The quantitative estimate of drug-likeness (QED) is 0.444. The van der Waals surface area contributed by atoms with Crippen molar-refractivity contribution in [2.24, 2.45) is 5.41 Å². The van der Waals surface area contributed by atoms with Gasteiger partial charge in [0.25, 0.3) is 0 Å². The largest absolute Gasteiger partial charge is 0.478 e. The van der Waals surface area contributed by atoms with Crippen LogP contribution in [0.2, 0.25) is 0 Å². The molecule has 1 aliphatic carbocycles. The molecule has 0 atom stereocenters. The number of anilines is 1. The van der Waals surface area contributed by atoms with E-state index in [2.05, 4.69) is 10.6 Å². The van der Waals surface area contributed by atoms with Gasteiger partial charge in [0.1, 0.15) is 18.0 Å². The maximum atomic E-state index is 13.9. The Hall–Kier alpha value is -4.20. The predicted molar refractivity (Wildman–Crippen MR) is 129 cm³/mol. The fourth-order valence-corrected chi connectivity index (χ4v) is 4.16. The highest BCUT2D eigenvalue weighted by atomic mass is 19.1. The van der Waals surface area contributed by atoms with E-state index in [4.69, 9.17) is 4.74 Å². The molecule has 0 aromatic heterocycles. The number of carboxylic acid groups (broad SMARTS) is 1. The lowest BCUT2D eigenvalue weighted by Gasteiger charge is -2.24. The standard InChI is InChI=1S/C27H25FN2O5/c1-27(2,25(33)30-22-13-7-12-21(28)23(22)24(31)32)15-29-26(34)35-14-20-18-10-5-3-8-16(18)17-9-4-6-11-19(17)20/h3-13,20H,14-15H2,1-2H3,(H,29,34)(H,30,33)(H,31,32). The van der Waals surface area contributed by atoms with Gasteiger partial charge in [-0.25, -0.2) is 14.0 Å². The first-order chi connectivity index (χ1) is 16.7. The summed E-state index contributed by atoms with van der Waals surface area (Å²) in [4.78, 5) is 36.6. The van der Waals surface area contributed by atoms with E-state index < -0.39 is 34.8 Å². The van der Waals surface area contributed by atoms with E-state index in [1.54, 1.807) is 13.8 Å². The smallest absolute Gasteiger partial charge is 0.407 e. The van der Waals surface area contributed by atoms with Crippen molar-refractivity contribution >= 4 is 23.7 Å². The predicted octanol–water partition coefficient (Wildman–Crippen LogP) is 5.03. The molecular formula is C27H25FN2O5. The van der Waals surface area contributed by atoms with E-state index in [9.17, 15) is 23.9 Å². The Morgan fingerprint density at radius 3 is 2.14 bits per heavy atom. The van der Waals surface area contributed by atoms with Crippen LogP contribution in [0, 0.1) is 11.2 Å². The molecule has 3 aromatic carbocycles. The van der Waals surface area contributed by atoms with Crippen LogP contribution in [0.4, 0.5) is 14.9 Å². The number of carboxylic acids is 1. The van der Waals surface area contributed by atoms with Crippen LogP contribution >= 0.6 is 0 Å². The van der Waals surface area contributed by atoms with Crippen molar-refractivity contribution in [2.75, 3.05) is 18.5 Å². The van der Waals surface area contributed by atoms with Crippen molar-refractivity contribution < 1.29 is 28.6 Å². The van der Waals surface area contributed by atoms with Crippen LogP contribution < -0.4 is 10.6 Å². The number of hydrogen-bond acceptors (Lipinski definition) is 4. The number of ether oxygens (including phenoxy) is 1. The van der Waals surface area contributed by atoms with E-state index in [-0.39, 0.29) is 24.8 Å². The van der Waals surface area contributed by atoms with E-state index >= 15 is 0 Å². The summed E-state index contributed by atoms with van der Waals surface area (Å²) < 4.78 is 19.4. The number of aromatic carboxylic acids is 1. The van der Waals surface area contributed by atoms with Gasteiger partial charge in [-0.2, -0.15) is 0 Å². The Bertz CT molecular complexity index is 1260. The highest BCUT2D eigenvalue weighted by Crippen LogP contribution is 2.44. The maximum absolute atomic E-state index is 13.9. The molecule has 0 unspecified atom stereocenters. The van der Waals surface area contributed by atoms with Crippen molar-refractivity contribution in [1.29, 1.82) is 0 Å². The Labute approximate surface area is 201 Å². The molecule has 35 heavy (non-hydrogen) atoms. The maximum Gasteiger partial charge on any atom is 0.407 e. The minimum absolute atomic E-state index is 0.0762. The van der Waals surface area contributed by atoms with Gasteiger partial charge in [-0.05, 0) is 48.2 Å². The molecule has 0 radical (unpaired) electrons.